The molecule has 1 fully saturated rings. The Morgan fingerprint density at radius 1 is 1.53 bits per heavy atom. The van der Waals surface area contributed by atoms with Gasteiger partial charge in [-0.2, -0.15) is 0 Å². The summed E-state index contributed by atoms with van der Waals surface area (Å²) in [4.78, 5) is 18.3. The highest BCUT2D eigenvalue weighted by Crippen LogP contribution is 2.20. The van der Waals surface area contributed by atoms with Crippen molar-refractivity contribution >= 4 is 17.3 Å². The van der Waals surface area contributed by atoms with Crippen LogP contribution in [-0.2, 0) is 6.54 Å². The summed E-state index contributed by atoms with van der Waals surface area (Å²) in [6.45, 7) is 6.56. The molecule has 1 aromatic rings. The molecule has 17 heavy (non-hydrogen) atoms. The SMILES string of the molecule is Cc1nc(C(=O)O)c(CN2CCCNCC2)s1. The number of nitrogens with one attached hydrogen (secondary N) is 1. The Morgan fingerprint density at radius 2 is 2.35 bits per heavy atom. The Hall–Kier alpha value is -0.980. The van der Waals surface area contributed by atoms with Gasteiger partial charge < -0.3 is 10.4 Å². The lowest BCUT2D eigenvalue weighted by Gasteiger charge is -2.18. The van der Waals surface area contributed by atoms with Crippen LogP contribution in [0.2, 0.25) is 0 Å². The molecule has 1 saturated heterocycles. The quantitative estimate of drug-likeness (QED) is 0.841. The van der Waals surface area contributed by atoms with Gasteiger partial charge in [-0.3, -0.25) is 4.90 Å². The molecule has 0 amide bonds. The van der Waals surface area contributed by atoms with Gasteiger partial charge in [0, 0.05) is 19.6 Å². The Kier molecular flexibility index (Phi) is 4.09. The number of aromatic nitrogens is 1. The zero-order valence-corrected chi connectivity index (χ0v) is 10.7. The van der Waals surface area contributed by atoms with E-state index < -0.39 is 5.97 Å². The first-order valence-electron chi connectivity index (χ1n) is 5.79. The molecule has 0 aliphatic carbocycles. The molecule has 0 radical (unpaired) electrons. The molecular formula is C11H17N3O2S. The highest BCUT2D eigenvalue weighted by Gasteiger charge is 2.18. The molecule has 2 N–H and O–H groups in total. The van der Waals surface area contributed by atoms with Crippen molar-refractivity contribution in [1.82, 2.24) is 15.2 Å². The fraction of sp³-hybridized carbons (Fsp3) is 0.636. The summed E-state index contributed by atoms with van der Waals surface area (Å²) < 4.78 is 0. The molecule has 2 rings (SSSR count). The molecule has 1 aliphatic rings. The molecule has 94 valence electrons. The number of hydrogen-bond donors (Lipinski definition) is 2. The van der Waals surface area contributed by atoms with E-state index in [0.29, 0.717) is 6.54 Å². The van der Waals surface area contributed by atoms with E-state index in [1.807, 2.05) is 6.92 Å². The zero-order valence-electron chi connectivity index (χ0n) is 9.90. The van der Waals surface area contributed by atoms with Gasteiger partial charge in [-0.25, -0.2) is 9.78 Å². The van der Waals surface area contributed by atoms with Crippen molar-refractivity contribution in [3.63, 3.8) is 0 Å². The minimum Gasteiger partial charge on any atom is -0.476 e. The summed E-state index contributed by atoms with van der Waals surface area (Å²) in [5.74, 6) is -0.919. The molecule has 0 unspecified atom stereocenters. The molecule has 5 nitrogen and oxygen atoms in total. The lowest BCUT2D eigenvalue weighted by molar-refractivity contribution is 0.0689. The second-order valence-electron chi connectivity index (χ2n) is 4.19. The largest absolute Gasteiger partial charge is 0.476 e. The first-order valence-corrected chi connectivity index (χ1v) is 6.61. The van der Waals surface area contributed by atoms with Gasteiger partial charge in [0.2, 0.25) is 0 Å². The van der Waals surface area contributed by atoms with E-state index in [9.17, 15) is 4.79 Å². The normalized spacial score (nSPS) is 17.9. The fourth-order valence-corrected chi connectivity index (χ4v) is 2.98. The van der Waals surface area contributed by atoms with Crippen LogP contribution in [0.3, 0.4) is 0 Å². The Morgan fingerprint density at radius 3 is 3.12 bits per heavy atom. The second-order valence-corrected chi connectivity index (χ2v) is 5.48. The summed E-state index contributed by atoms with van der Waals surface area (Å²) >= 11 is 1.49. The fourth-order valence-electron chi connectivity index (χ4n) is 2.01. The average Bonchev–Trinajstić information content (AvgIpc) is 2.50. The van der Waals surface area contributed by atoms with E-state index in [4.69, 9.17) is 5.11 Å². The van der Waals surface area contributed by atoms with E-state index in [-0.39, 0.29) is 5.69 Å². The summed E-state index contributed by atoms with van der Waals surface area (Å²) in [7, 11) is 0. The third-order valence-electron chi connectivity index (χ3n) is 2.81. The third kappa shape index (κ3) is 3.24. The highest BCUT2D eigenvalue weighted by atomic mass is 32.1. The summed E-state index contributed by atoms with van der Waals surface area (Å²) in [6, 6.07) is 0. The van der Waals surface area contributed by atoms with Crippen LogP contribution in [0.25, 0.3) is 0 Å². The molecule has 1 aliphatic heterocycles. The van der Waals surface area contributed by atoms with Gasteiger partial charge >= 0.3 is 5.97 Å². The van der Waals surface area contributed by atoms with E-state index in [2.05, 4.69) is 15.2 Å². The summed E-state index contributed by atoms with van der Waals surface area (Å²) in [5, 5.41) is 13.2. The highest BCUT2D eigenvalue weighted by molar-refractivity contribution is 7.11. The summed E-state index contributed by atoms with van der Waals surface area (Å²) in [5.41, 5.74) is 0.227. The van der Waals surface area contributed by atoms with Gasteiger partial charge in [0.05, 0.1) is 9.88 Å². The van der Waals surface area contributed by atoms with Crippen LogP contribution in [0.5, 0.6) is 0 Å². The molecular weight excluding hydrogens is 238 g/mol. The maximum absolute atomic E-state index is 11.1. The molecule has 0 aromatic carbocycles. The van der Waals surface area contributed by atoms with E-state index in [0.717, 1.165) is 42.5 Å². The maximum atomic E-state index is 11.1. The monoisotopic (exact) mass is 255 g/mol. The van der Waals surface area contributed by atoms with Crippen molar-refractivity contribution in [3.05, 3.63) is 15.6 Å². The van der Waals surface area contributed by atoms with Crippen LogP contribution >= 0.6 is 11.3 Å². The second kappa shape index (κ2) is 5.57. The summed E-state index contributed by atoms with van der Waals surface area (Å²) in [6.07, 6.45) is 1.11. The first-order chi connectivity index (χ1) is 8.16. The molecule has 0 bridgehead atoms. The van der Waals surface area contributed by atoms with Gasteiger partial charge in [0.15, 0.2) is 5.69 Å². The number of hydrogen-bond acceptors (Lipinski definition) is 5. The minimum absolute atomic E-state index is 0.227. The number of aryl methyl sites for hydroxylation is 1. The number of aromatic carboxylic acids is 1. The van der Waals surface area contributed by atoms with E-state index in [1.54, 1.807) is 0 Å². The van der Waals surface area contributed by atoms with E-state index >= 15 is 0 Å². The van der Waals surface area contributed by atoms with Gasteiger partial charge in [-0.1, -0.05) is 0 Å². The zero-order chi connectivity index (χ0) is 12.3. The average molecular weight is 255 g/mol. The lowest BCUT2D eigenvalue weighted by Crippen LogP contribution is -2.27. The molecule has 0 atom stereocenters. The number of carboxylic acids is 1. The van der Waals surface area contributed by atoms with Crippen molar-refractivity contribution < 1.29 is 9.90 Å². The topological polar surface area (TPSA) is 65.5 Å². The van der Waals surface area contributed by atoms with Crippen LogP contribution in [0.4, 0.5) is 0 Å². The van der Waals surface area contributed by atoms with Crippen LogP contribution in [-0.4, -0.2) is 47.1 Å². The Labute approximate surface area is 104 Å². The molecule has 0 saturated carbocycles. The molecule has 6 heteroatoms. The van der Waals surface area contributed by atoms with Crippen molar-refractivity contribution in [1.29, 1.82) is 0 Å². The molecule has 1 aromatic heterocycles. The number of carboxylic acid groups (broad SMARTS) is 1. The predicted molar refractivity (Wildman–Crippen MR) is 66.6 cm³/mol. The van der Waals surface area contributed by atoms with Crippen LogP contribution in [0.1, 0.15) is 26.8 Å². The lowest BCUT2D eigenvalue weighted by atomic mass is 10.3. The Balaban J connectivity index is 2.08. The maximum Gasteiger partial charge on any atom is 0.355 e. The molecule has 0 spiro atoms. The first kappa shape index (κ1) is 12.5. The van der Waals surface area contributed by atoms with Crippen molar-refractivity contribution in [2.75, 3.05) is 26.2 Å². The van der Waals surface area contributed by atoms with Gasteiger partial charge in [0.1, 0.15) is 0 Å². The van der Waals surface area contributed by atoms with E-state index in [1.165, 1.54) is 11.3 Å². The smallest absolute Gasteiger partial charge is 0.355 e. The van der Waals surface area contributed by atoms with Gasteiger partial charge in [-0.05, 0) is 26.4 Å². The Bertz CT molecular complexity index is 397. The number of carbonyl (C=O) groups is 1. The van der Waals surface area contributed by atoms with Crippen molar-refractivity contribution in [2.45, 2.75) is 19.9 Å². The van der Waals surface area contributed by atoms with Crippen molar-refractivity contribution in [2.24, 2.45) is 0 Å². The standard InChI is InChI=1S/C11H17N3O2S/c1-8-13-10(11(15)16)9(17-8)7-14-5-2-3-12-4-6-14/h12H,2-7H2,1H3,(H,15,16). The minimum atomic E-state index is -0.919. The number of thiazole rings is 1. The third-order valence-corrected chi connectivity index (χ3v) is 3.76. The number of rotatable bonds is 3. The number of nitrogens with zero attached hydrogens (tertiary/aromatic N) is 2. The van der Waals surface area contributed by atoms with Gasteiger partial charge in [-0.15, -0.1) is 11.3 Å². The van der Waals surface area contributed by atoms with Crippen LogP contribution < -0.4 is 5.32 Å². The van der Waals surface area contributed by atoms with Gasteiger partial charge in [0.25, 0.3) is 0 Å². The van der Waals surface area contributed by atoms with Crippen LogP contribution in [0.15, 0.2) is 0 Å². The predicted octanol–water partition coefficient (Wildman–Crippen LogP) is 0.945. The van der Waals surface area contributed by atoms with Crippen molar-refractivity contribution in [3.8, 4) is 0 Å². The van der Waals surface area contributed by atoms with Crippen LogP contribution in [0, 0.1) is 6.92 Å². The molecule has 2 heterocycles.